The molecule has 4 amide bonds. The van der Waals surface area contributed by atoms with Crippen LogP contribution in [0.3, 0.4) is 0 Å². The zero-order valence-electron chi connectivity index (χ0n) is 27.2. The highest BCUT2D eigenvalue weighted by Gasteiger charge is 2.38. The Morgan fingerprint density at radius 3 is 1.39 bits per heavy atom. The summed E-state index contributed by atoms with van der Waals surface area (Å²) in [6, 6.07) is 26.8. The van der Waals surface area contributed by atoms with E-state index in [2.05, 4.69) is 5.32 Å². The van der Waals surface area contributed by atoms with E-state index in [1.165, 1.54) is 72.8 Å². The smallest absolute Gasteiger partial charge is 0.298 e. The van der Waals surface area contributed by atoms with E-state index in [1.807, 2.05) is 0 Å². The van der Waals surface area contributed by atoms with Gasteiger partial charge in [-0.1, -0.05) is 30.3 Å². The topological polar surface area (TPSA) is 211 Å². The number of amides is 4. The van der Waals surface area contributed by atoms with Gasteiger partial charge in [-0.25, -0.2) is 4.90 Å². The summed E-state index contributed by atoms with van der Waals surface area (Å²) in [5.74, 6) is -2.85. The maximum atomic E-state index is 13.7. The van der Waals surface area contributed by atoms with Crippen molar-refractivity contribution in [2.75, 3.05) is 4.90 Å². The lowest BCUT2D eigenvalue weighted by Gasteiger charge is -2.29. The molecule has 0 bridgehead atoms. The average molecular weight is 763 g/mol. The number of nitrogens with one attached hydrogen (secondary N) is 1. The quantitative estimate of drug-likeness (QED) is 0.116. The lowest BCUT2D eigenvalue weighted by molar-refractivity contribution is 0.0837. The number of anilines is 1. The number of carbonyl (C=O) groups is 4. The van der Waals surface area contributed by atoms with Crippen LogP contribution in [0.5, 0.6) is 23.0 Å². The molecule has 0 aromatic heterocycles. The van der Waals surface area contributed by atoms with Gasteiger partial charge < -0.3 is 9.47 Å². The molecule has 268 valence electrons. The van der Waals surface area contributed by atoms with Crippen molar-refractivity contribution < 1.29 is 54.6 Å². The molecule has 14 nitrogen and oxygen atoms in total. The van der Waals surface area contributed by atoms with E-state index in [-0.39, 0.29) is 67.1 Å². The van der Waals surface area contributed by atoms with E-state index in [0.717, 1.165) is 17.0 Å². The standard InChI is InChI=1S/C38H22N2O12S2/c41-35-25-12-14-27-34-28(15-13-26(33(25)34)36(42)39-35)38(44)40(37(27)43)22-8-10-24(11-9-22)52-30-17-7-21(19-32(30)54(48,49)50)20-6-16-29(31(18-20)53(45,46)47)51-23-4-2-1-3-5-23/h1-19H,(H,39,41,42)(H,45,46,47)(H,48,49,50). The Bertz CT molecular complexity index is 2810. The first-order chi connectivity index (χ1) is 25.7. The highest BCUT2D eigenvalue weighted by molar-refractivity contribution is 7.86. The van der Waals surface area contributed by atoms with Crippen LogP contribution in [0.4, 0.5) is 5.69 Å². The van der Waals surface area contributed by atoms with E-state index < -0.39 is 53.7 Å². The summed E-state index contributed by atoms with van der Waals surface area (Å²) in [6.45, 7) is 0. The molecular weight excluding hydrogens is 741 g/mol. The maximum absolute atomic E-state index is 13.7. The molecule has 16 heteroatoms. The number of rotatable bonds is 8. The van der Waals surface area contributed by atoms with Gasteiger partial charge in [0, 0.05) is 33.0 Å². The molecule has 54 heavy (non-hydrogen) atoms. The maximum Gasteiger partial charge on any atom is 0.298 e. The van der Waals surface area contributed by atoms with Gasteiger partial charge in [-0.2, -0.15) is 16.8 Å². The van der Waals surface area contributed by atoms with E-state index in [1.54, 1.807) is 30.3 Å². The number of para-hydroxylation sites is 1. The summed E-state index contributed by atoms with van der Waals surface area (Å²) >= 11 is 0. The molecule has 0 aliphatic carbocycles. The molecule has 6 aromatic carbocycles. The van der Waals surface area contributed by atoms with E-state index in [4.69, 9.17) is 9.47 Å². The number of nitrogens with zero attached hydrogens (tertiary/aromatic N) is 1. The number of hydrogen-bond acceptors (Lipinski definition) is 10. The summed E-state index contributed by atoms with van der Waals surface area (Å²) in [6.07, 6.45) is 0. The van der Waals surface area contributed by atoms with Gasteiger partial charge in [-0.15, -0.1) is 0 Å². The molecule has 8 rings (SSSR count). The first-order valence-corrected chi connectivity index (χ1v) is 18.7. The predicted molar refractivity (Wildman–Crippen MR) is 191 cm³/mol. The van der Waals surface area contributed by atoms with Crippen LogP contribution in [-0.4, -0.2) is 49.6 Å². The number of carbonyl (C=O) groups excluding carboxylic acids is 4. The average Bonchev–Trinajstić information content (AvgIpc) is 3.13. The lowest BCUT2D eigenvalue weighted by Crippen LogP contribution is -2.42. The first-order valence-electron chi connectivity index (χ1n) is 15.8. The Kier molecular flexibility index (Phi) is 7.93. The largest absolute Gasteiger partial charge is 0.456 e. The van der Waals surface area contributed by atoms with Gasteiger partial charge in [0.2, 0.25) is 0 Å². The fourth-order valence-corrected chi connectivity index (χ4v) is 7.67. The molecule has 2 aliphatic rings. The third-order valence-corrected chi connectivity index (χ3v) is 10.6. The first kappa shape index (κ1) is 34.4. The van der Waals surface area contributed by atoms with Gasteiger partial charge in [0.15, 0.2) is 0 Å². The van der Waals surface area contributed by atoms with Crippen LogP contribution in [0, 0.1) is 0 Å². The van der Waals surface area contributed by atoms with Crippen LogP contribution in [0.25, 0.3) is 21.9 Å². The summed E-state index contributed by atoms with van der Waals surface area (Å²) in [5, 5.41) is 2.66. The molecular formula is C38H22N2O12S2. The second-order valence-corrected chi connectivity index (χ2v) is 14.9. The zero-order valence-corrected chi connectivity index (χ0v) is 28.8. The summed E-state index contributed by atoms with van der Waals surface area (Å²) in [7, 11) is -9.74. The zero-order chi connectivity index (χ0) is 38.1. The minimum atomic E-state index is -4.93. The number of hydrogen-bond donors (Lipinski definition) is 3. The third kappa shape index (κ3) is 5.84. The summed E-state index contributed by atoms with van der Waals surface area (Å²) in [4.78, 5) is 52.0. The normalized spacial score (nSPS) is 13.9. The monoisotopic (exact) mass is 762 g/mol. The molecule has 0 fully saturated rings. The Morgan fingerprint density at radius 2 is 0.926 bits per heavy atom. The van der Waals surface area contributed by atoms with Crippen LogP contribution < -0.4 is 19.7 Å². The molecule has 2 aliphatic heterocycles. The Labute approximate surface area is 305 Å². The number of ether oxygens (including phenoxy) is 2. The van der Waals surface area contributed by atoms with Crippen LogP contribution in [0.15, 0.2) is 125 Å². The summed E-state index contributed by atoms with van der Waals surface area (Å²) < 4.78 is 81.1. The van der Waals surface area contributed by atoms with Crippen molar-refractivity contribution in [1.29, 1.82) is 0 Å². The van der Waals surface area contributed by atoms with E-state index in [0.29, 0.717) is 5.75 Å². The van der Waals surface area contributed by atoms with Crippen LogP contribution in [0.1, 0.15) is 41.4 Å². The van der Waals surface area contributed by atoms with Gasteiger partial charge in [0.05, 0.1) is 5.69 Å². The molecule has 2 heterocycles. The molecule has 0 atom stereocenters. The molecule has 6 aromatic rings. The second-order valence-electron chi connectivity index (χ2n) is 12.1. The van der Waals surface area contributed by atoms with Gasteiger partial charge in [-0.05, 0) is 96.1 Å². The lowest BCUT2D eigenvalue weighted by atomic mass is 9.86. The van der Waals surface area contributed by atoms with E-state index in [9.17, 15) is 45.1 Å². The molecule has 3 N–H and O–H groups in total. The molecule has 0 radical (unpaired) electrons. The number of benzene rings is 6. The SMILES string of the molecule is O=C1NC(=O)c2ccc3c4c(ccc1c24)C(=O)N(c1ccc(Oc2ccc(-c4ccc(Oc5ccccc5)c(S(=O)(=O)O)c4)cc2S(=O)(=O)O)cc1)C3=O. The molecule has 0 saturated heterocycles. The minimum Gasteiger partial charge on any atom is -0.456 e. The highest BCUT2D eigenvalue weighted by Crippen LogP contribution is 2.40. The van der Waals surface area contributed by atoms with Crippen LogP contribution in [-0.2, 0) is 20.2 Å². The van der Waals surface area contributed by atoms with Crippen molar-refractivity contribution in [3.05, 3.63) is 138 Å². The number of imide groups is 2. The van der Waals surface area contributed by atoms with Crippen molar-refractivity contribution >= 4 is 60.3 Å². The van der Waals surface area contributed by atoms with Gasteiger partial charge in [0.1, 0.15) is 32.8 Å². The highest BCUT2D eigenvalue weighted by atomic mass is 32.2. The Hall–Kier alpha value is -6.72. The van der Waals surface area contributed by atoms with Gasteiger partial charge >= 0.3 is 0 Å². The Morgan fingerprint density at radius 1 is 0.500 bits per heavy atom. The molecule has 0 saturated carbocycles. The third-order valence-electron chi connectivity index (χ3n) is 8.81. The fraction of sp³-hybridized carbons (Fsp3) is 0. The van der Waals surface area contributed by atoms with Crippen molar-refractivity contribution in [3.8, 4) is 34.1 Å². The van der Waals surface area contributed by atoms with Crippen molar-refractivity contribution in [2.45, 2.75) is 9.79 Å². The fourth-order valence-electron chi connectivity index (χ4n) is 6.39. The predicted octanol–water partition coefficient (Wildman–Crippen LogP) is 6.27. The second kappa shape index (κ2) is 12.5. The minimum absolute atomic E-state index is 0.0489. The summed E-state index contributed by atoms with van der Waals surface area (Å²) in [5.41, 5.74) is 0.941. The van der Waals surface area contributed by atoms with E-state index >= 15 is 0 Å². The molecule has 0 spiro atoms. The van der Waals surface area contributed by atoms with Crippen LogP contribution in [0.2, 0.25) is 0 Å². The van der Waals surface area contributed by atoms with Crippen molar-refractivity contribution in [2.24, 2.45) is 0 Å². The van der Waals surface area contributed by atoms with Gasteiger partial charge in [-0.3, -0.25) is 33.6 Å². The van der Waals surface area contributed by atoms with Crippen molar-refractivity contribution in [3.63, 3.8) is 0 Å². The van der Waals surface area contributed by atoms with Crippen LogP contribution >= 0.6 is 0 Å². The van der Waals surface area contributed by atoms with Gasteiger partial charge in [0.25, 0.3) is 43.9 Å². The Balaban J connectivity index is 1.09. The molecule has 0 unspecified atom stereocenters. The van der Waals surface area contributed by atoms with Crippen molar-refractivity contribution in [1.82, 2.24) is 5.32 Å².